The summed E-state index contributed by atoms with van der Waals surface area (Å²) in [5.41, 5.74) is 0. The van der Waals surface area contributed by atoms with Gasteiger partial charge in [-0.2, -0.15) is 0 Å². The highest BCUT2D eigenvalue weighted by atomic mass is 19.3. The zero-order chi connectivity index (χ0) is 23.0. The lowest BCUT2D eigenvalue weighted by Crippen LogP contribution is -2.37. The topological polar surface area (TPSA) is 83.8 Å². The Morgan fingerprint density at radius 2 is 1.47 bits per heavy atom. The molecule has 0 bridgehead atoms. The number of ether oxygens (including phenoxy) is 1. The van der Waals surface area contributed by atoms with Gasteiger partial charge in [-0.3, -0.25) is 9.59 Å². The Kier molecular flexibility index (Phi) is 15.4. The molecule has 30 heavy (non-hydrogen) atoms. The molecule has 0 saturated heterocycles. The standard InChI is InChI=1S/C23H40F2O5/c1-4-5-6-10-13-16-23(24,25)17-14-11-8-7-9-12-15-19(21(26)27)20(22(28)29)18(2)30-3/h12,15,18-20H,4-11,13-14,16-17H2,1-3H3,(H,26,27)(H,28,29)/t18?,19-,20+/m0/s1. The number of alkyl halides is 2. The zero-order valence-corrected chi connectivity index (χ0v) is 18.7. The Balaban J connectivity index is 4.16. The first-order chi connectivity index (χ1) is 14.2. The van der Waals surface area contributed by atoms with E-state index >= 15 is 0 Å². The van der Waals surface area contributed by atoms with Gasteiger partial charge in [0.15, 0.2) is 0 Å². The van der Waals surface area contributed by atoms with Crippen molar-refractivity contribution < 1.29 is 33.3 Å². The van der Waals surface area contributed by atoms with Gasteiger partial charge in [0.1, 0.15) is 0 Å². The Bertz CT molecular complexity index is 508. The Labute approximate surface area is 179 Å². The zero-order valence-electron chi connectivity index (χ0n) is 18.7. The van der Waals surface area contributed by atoms with Crippen LogP contribution in [0.2, 0.25) is 0 Å². The van der Waals surface area contributed by atoms with Crippen molar-refractivity contribution in [3.05, 3.63) is 12.2 Å². The molecule has 0 aliphatic carbocycles. The molecule has 0 heterocycles. The van der Waals surface area contributed by atoms with E-state index in [-0.39, 0.29) is 12.8 Å². The predicted molar refractivity (Wildman–Crippen MR) is 114 cm³/mol. The van der Waals surface area contributed by atoms with E-state index in [1.807, 2.05) is 0 Å². The Morgan fingerprint density at radius 1 is 0.933 bits per heavy atom. The largest absolute Gasteiger partial charge is 0.481 e. The van der Waals surface area contributed by atoms with Crippen molar-refractivity contribution >= 4 is 11.9 Å². The van der Waals surface area contributed by atoms with Gasteiger partial charge in [-0.25, -0.2) is 8.78 Å². The van der Waals surface area contributed by atoms with Gasteiger partial charge in [-0.1, -0.05) is 57.6 Å². The van der Waals surface area contributed by atoms with Gasteiger partial charge in [0.2, 0.25) is 5.92 Å². The van der Waals surface area contributed by atoms with E-state index in [2.05, 4.69) is 6.92 Å². The van der Waals surface area contributed by atoms with Gasteiger partial charge >= 0.3 is 11.9 Å². The lowest BCUT2D eigenvalue weighted by atomic mass is 9.87. The van der Waals surface area contributed by atoms with Gasteiger partial charge in [-0.05, 0) is 32.6 Å². The maximum atomic E-state index is 13.8. The minimum atomic E-state index is -2.58. The molecule has 0 aliphatic rings. The van der Waals surface area contributed by atoms with Crippen molar-refractivity contribution in [3.8, 4) is 0 Å². The van der Waals surface area contributed by atoms with Crippen molar-refractivity contribution in [2.45, 2.75) is 103 Å². The third-order valence-electron chi connectivity index (χ3n) is 5.49. The maximum Gasteiger partial charge on any atom is 0.311 e. The maximum absolute atomic E-state index is 13.8. The predicted octanol–water partition coefficient (Wildman–Crippen LogP) is 6.32. The molecule has 0 aromatic carbocycles. The van der Waals surface area contributed by atoms with Crippen LogP contribution in [0.3, 0.4) is 0 Å². The molecule has 176 valence electrons. The van der Waals surface area contributed by atoms with E-state index in [9.17, 15) is 28.6 Å². The van der Waals surface area contributed by atoms with Crippen LogP contribution in [-0.4, -0.2) is 41.3 Å². The summed E-state index contributed by atoms with van der Waals surface area (Å²) in [6, 6.07) is 0. The number of allylic oxidation sites excluding steroid dienone is 1. The molecule has 0 saturated carbocycles. The minimum absolute atomic E-state index is 0.0271. The highest BCUT2D eigenvalue weighted by molar-refractivity contribution is 5.81. The number of hydrogen-bond acceptors (Lipinski definition) is 3. The number of halogens is 2. The van der Waals surface area contributed by atoms with E-state index in [1.165, 1.54) is 20.1 Å². The molecule has 5 nitrogen and oxygen atoms in total. The highest BCUT2D eigenvalue weighted by Crippen LogP contribution is 2.28. The molecule has 0 aromatic rings. The third kappa shape index (κ3) is 12.9. The molecule has 0 rings (SSSR count). The quantitative estimate of drug-likeness (QED) is 0.184. The second-order valence-electron chi connectivity index (χ2n) is 8.07. The highest BCUT2D eigenvalue weighted by Gasteiger charge is 2.36. The molecule has 7 heteroatoms. The summed E-state index contributed by atoms with van der Waals surface area (Å²) in [7, 11) is 1.35. The van der Waals surface area contributed by atoms with E-state index in [0.717, 1.165) is 38.5 Å². The first-order valence-electron chi connectivity index (χ1n) is 11.2. The van der Waals surface area contributed by atoms with Crippen molar-refractivity contribution in [2.75, 3.05) is 7.11 Å². The van der Waals surface area contributed by atoms with Crippen LogP contribution in [0.25, 0.3) is 0 Å². The number of hydrogen-bond donors (Lipinski definition) is 2. The number of aliphatic carboxylic acids is 2. The Morgan fingerprint density at radius 3 is 1.93 bits per heavy atom. The van der Waals surface area contributed by atoms with Gasteiger partial charge in [0.25, 0.3) is 0 Å². The summed E-state index contributed by atoms with van der Waals surface area (Å²) >= 11 is 0. The van der Waals surface area contributed by atoms with Crippen LogP contribution < -0.4 is 0 Å². The number of carboxylic acid groups (broad SMARTS) is 2. The average Bonchev–Trinajstić information content (AvgIpc) is 2.67. The molecule has 3 atom stereocenters. The number of rotatable bonds is 19. The number of unbranched alkanes of at least 4 members (excludes halogenated alkanes) is 8. The van der Waals surface area contributed by atoms with Gasteiger partial charge < -0.3 is 14.9 Å². The number of methoxy groups -OCH3 is 1. The molecule has 0 spiro atoms. The summed E-state index contributed by atoms with van der Waals surface area (Å²) in [5, 5.41) is 18.7. The second-order valence-corrected chi connectivity index (χ2v) is 8.07. The van der Waals surface area contributed by atoms with Crippen LogP contribution in [0.1, 0.15) is 90.9 Å². The summed E-state index contributed by atoms with van der Waals surface area (Å²) < 4.78 is 32.7. The third-order valence-corrected chi connectivity index (χ3v) is 5.49. The van der Waals surface area contributed by atoms with Gasteiger partial charge in [0.05, 0.1) is 17.9 Å². The van der Waals surface area contributed by atoms with Gasteiger partial charge in [0, 0.05) is 20.0 Å². The number of carboxylic acids is 2. The van der Waals surface area contributed by atoms with Crippen LogP contribution in [0.4, 0.5) is 8.78 Å². The lowest BCUT2D eigenvalue weighted by Gasteiger charge is -2.22. The molecule has 0 fully saturated rings. The van der Waals surface area contributed by atoms with E-state index < -0.39 is 35.8 Å². The molecular formula is C23H40F2O5. The Hall–Kier alpha value is -1.50. The summed E-state index contributed by atoms with van der Waals surface area (Å²) in [6.45, 7) is 3.63. The van der Waals surface area contributed by atoms with E-state index in [1.54, 1.807) is 6.08 Å². The van der Waals surface area contributed by atoms with Crippen LogP contribution >= 0.6 is 0 Å². The monoisotopic (exact) mass is 434 g/mol. The molecule has 0 aliphatic heterocycles. The van der Waals surface area contributed by atoms with E-state index in [4.69, 9.17) is 4.74 Å². The fourth-order valence-corrected chi connectivity index (χ4v) is 3.50. The fraction of sp³-hybridized carbons (Fsp3) is 0.826. The molecule has 0 radical (unpaired) electrons. The second kappa shape index (κ2) is 16.2. The summed E-state index contributed by atoms with van der Waals surface area (Å²) in [4.78, 5) is 22.9. The van der Waals surface area contributed by atoms with Crippen molar-refractivity contribution in [1.82, 2.24) is 0 Å². The lowest BCUT2D eigenvalue weighted by molar-refractivity contribution is -0.156. The van der Waals surface area contributed by atoms with Crippen LogP contribution in [0, 0.1) is 11.8 Å². The van der Waals surface area contributed by atoms with Crippen molar-refractivity contribution in [2.24, 2.45) is 11.8 Å². The first kappa shape index (κ1) is 28.5. The first-order valence-corrected chi connectivity index (χ1v) is 11.2. The summed E-state index contributed by atoms with van der Waals surface area (Å²) in [6.07, 6.45) is 10.3. The molecule has 0 aromatic heterocycles. The molecule has 1 unspecified atom stereocenters. The van der Waals surface area contributed by atoms with Crippen molar-refractivity contribution in [1.29, 1.82) is 0 Å². The summed E-state index contributed by atoms with van der Waals surface area (Å²) in [5.74, 6) is -7.35. The molecule has 2 N–H and O–H groups in total. The minimum Gasteiger partial charge on any atom is -0.481 e. The van der Waals surface area contributed by atoms with Gasteiger partial charge in [-0.15, -0.1) is 0 Å². The van der Waals surface area contributed by atoms with E-state index in [0.29, 0.717) is 25.7 Å². The number of carbonyl (C=O) groups is 2. The average molecular weight is 435 g/mol. The van der Waals surface area contributed by atoms with Crippen molar-refractivity contribution in [3.63, 3.8) is 0 Å². The van der Waals surface area contributed by atoms with Crippen LogP contribution in [-0.2, 0) is 14.3 Å². The normalized spacial score (nSPS) is 15.2. The fourth-order valence-electron chi connectivity index (χ4n) is 3.50. The van der Waals surface area contributed by atoms with Crippen LogP contribution in [0.5, 0.6) is 0 Å². The SMILES string of the molecule is CCCCCCCC(F)(F)CCCCCCC=C[C@H](C(=O)O)[C@H](C(=O)O)C(C)OC. The smallest absolute Gasteiger partial charge is 0.311 e. The molecular weight excluding hydrogens is 394 g/mol. The van der Waals surface area contributed by atoms with Crippen LogP contribution in [0.15, 0.2) is 12.2 Å². The molecule has 0 amide bonds.